The predicted octanol–water partition coefficient (Wildman–Crippen LogP) is 8.54. The first-order chi connectivity index (χ1) is 31.8. The molecule has 5 rings (SSSR count). The summed E-state index contributed by atoms with van der Waals surface area (Å²) in [5.74, 6) is -4.69. The Bertz CT molecular complexity index is 2860. The number of carbonyl (C=O) groups excluding carboxylic acids is 4. The summed E-state index contributed by atoms with van der Waals surface area (Å²) in [6.07, 6.45) is -14.7. The largest absolute Gasteiger partial charge is 0.423 e. The lowest BCUT2D eigenvalue weighted by atomic mass is 10.1. The van der Waals surface area contributed by atoms with E-state index in [1.165, 1.54) is 19.9 Å². The standard InChI is InChI=1S/C18H14F4N2O4S.C12H10F3N3O4.C11H11F3N2O3/c1-17(26,10-29(27,28)14-6-3-12(19)4-7-14)16(25)24-13-5-2-11(9-23)15(8-13)18(20,21)22;1-11(2)9(19)17(10(20)16-11)6-3-4-8(18(21)22)7(5-6)12(13,14)15;1-6(2)10(17)15-7-3-4-9(16(18)19)8(5-7)11(12,13)14/h2-8,26H,10H2,1H3,(H,24,25);3-5H,1-2H3,(H,16,20);3-6H,1-2H3,(H,15,17). The van der Waals surface area contributed by atoms with E-state index in [1.54, 1.807) is 13.8 Å². The fraction of sp³-hybridized carbons (Fsp3) is 0.293. The van der Waals surface area contributed by atoms with Crippen LogP contribution in [0.3, 0.4) is 0 Å². The first-order valence-electron chi connectivity index (χ1n) is 19.2. The van der Waals surface area contributed by atoms with Gasteiger partial charge in [-0.15, -0.1) is 0 Å². The van der Waals surface area contributed by atoms with Gasteiger partial charge in [-0.05, 0) is 87.5 Å². The number of nitro benzene ring substituents is 2. The Morgan fingerprint density at radius 1 is 0.786 bits per heavy atom. The van der Waals surface area contributed by atoms with E-state index >= 15 is 0 Å². The number of nitro groups is 2. The van der Waals surface area contributed by atoms with E-state index in [0.717, 1.165) is 61.5 Å². The number of hydrogen-bond donors (Lipinski definition) is 4. The van der Waals surface area contributed by atoms with Crippen molar-refractivity contribution in [2.75, 3.05) is 21.3 Å². The molecule has 0 saturated carbocycles. The third-order valence-electron chi connectivity index (χ3n) is 9.23. The van der Waals surface area contributed by atoms with Gasteiger partial charge < -0.3 is 21.1 Å². The first kappa shape index (κ1) is 56.6. The number of nitrogens with zero attached hydrogens (tertiary/aromatic N) is 4. The van der Waals surface area contributed by atoms with Gasteiger partial charge in [-0.1, -0.05) is 13.8 Å². The monoisotopic (exact) mass is 1020 g/mol. The number of sulfone groups is 1. The normalized spacial score (nSPS) is 14.4. The molecular formula is C41H35F10N7O11S. The van der Waals surface area contributed by atoms with E-state index in [1.807, 2.05) is 5.32 Å². The number of alkyl halides is 9. The van der Waals surface area contributed by atoms with Gasteiger partial charge in [0.2, 0.25) is 5.91 Å². The lowest BCUT2D eigenvalue weighted by Gasteiger charge is -2.22. The maximum Gasteiger partial charge on any atom is 0.423 e. The number of rotatable bonds is 10. The summed E-state index contributed by atoms with van der Waals surface area (Å²) < 4.78 is 153. The number of urea groups is 1. The van der Waals surface area contributed by atoms with Crippen molar-refractivity contribution >= 4 is 62.0 Å². The van der Waals surface area contributed by atoms with Gasteiger partial charge in [0.1, 0.15) is 22.5 Å². The Morgan fingerprint density at radius 2 is 1.24 bits per heavy atom. The molecule has 376 valence electrons. The summed E-state index contributed by atoms with van der Waals surface area (Å²) in [6, 6.07) is 10.8. The molecule has 1 saturated heterocycles. The average molecular weight is 1020 g/mol. The molecule has 0 spiro atoms. The Labute approximate surface area is 388 Å². The van der Waals surface area contributed by atoms with Crippen molar-refractivity contribution < 1.29 is 86.5 Å². The molecule has 4 aromatic rings. The first-order valence-corrected chi connectivity index (χ1v) is 20.8. The van der Waals surface area contributed by atoms with Crippen LogP contribution in [0, 0.1) is 43.3 Å². The quantitative estimate of drug-likeness (QED) is 0.0383. The number of benzene rings is 4. The minimum atomic E-state index is -4.99. The van der Waals surface area contributed by atoms with Gasteiger partial charge in [-0.25, -0.2) is 22.5 Å². The van der Waals surface area contributed by atoms with Crippen molar-refractivity contribution in [3.05, 3.63) is 127 Å². The van der Waals surface area contributed by atoms with Gasteiger partial charge >= 0.3 is 24.6 Å². The zero-order chi connectivity index (χ0) is 53.7. The number of nitriles is 1. The van der Waals surface area contributed by atoms with Crippen LogP contribution in [0.4, 0.5) is 77.1 Å². The van der Waals surface area contributed by atoms with Crippen LogP contribution in [0.2, 0.25) is 0 Å². The van der Waals surface area contributed by atoms with Crippen LogP contribution < -0.4 is 20.9 Å². The fourth-order valence-corrected chi connectivity index (χ4v) is 7.29. The topological polar surface area (TPSA) is 272 Å². The molecule has 0 aromatic heterocycles. The summed E-state index contributed by atoms with van der Waals surface area (Å²) in [4.78, 5) is 66.5. The van der Waals surface area contributed by atoms with Crippen molar-refractivity contribution in [1.82, 2.24) is 5.32 Å². The van der Waals surface area contributed by atoms with Crippen molar-refractivity contribution in [3.8, 4) is 6.07 Å². The summed E-state index contributed by atoms with van der Waals surface area (Å²) in [5.41, 5.74) is -11.8. The molecule has 18 nitrogen and oxygen atoms in total. The van der Waals surface area contributed by atoms with Gasteiger partial charge in [-0.3, -0.25) is 34.6 Å². The molecule has 4 aromatic carbocycles. The molecule has 5 amide bonds. The van der Waals surface area contributed by atoms with Crippen molar-refractivity contribution in [3.63, 3.8) is 0 Å². The predicted molar refractivity (Wildman–Crippen MR) is 224 cm³/mol. The lowest BCUT2D eigenvalue weighted by molar-refractivity contribution is -0.388. The number of aliphatic hydroxyl groups is 1. The average Bonchev–Trinajstić information content (AvgIpc) is 3.43. The summed E-state index contributed by atoms with van der Waals surface area (Å²) in [6.45, 7) is 6.81. The van der Waals surface area contributed by atoms with Gasteiger partial charge in [0.15, 0.2) is 15.4 Å². The number of hydrogen-bond acceptors (Lipinski definition) is 12. The molecule has 1 unspecified atom stereocenters. The summed E-state index contributed by atoms with van der Waals surface area (Å²) in [7, 11) is -4.21. The Hall–Kier alpha value is -7.74. The van der Waals surface area contributed by atoms with Gasteiger partial charge in [0.25, 0.3) is 23.2 Å². The van der Waals surface area contributed by atoms with E-state index in [2.05, 4.69) is 10.6 Å². The van der Waals surface area contributed by atoms with Gasteiger partial charge in [-0.2, -0.15) is 44.8 Å². The highest BCUT2D eigenvalue weighted by atomic mass is 32.2. The van der Waals surface area contributed by atoms with E-state index in [-0.39, 0.29) is 22.0 Å². The van der Waals surface area contributed by atoms with E-state index < -0.39 is 124 Å². The second-order valence-electron chi connectivity index (χ2n) is 15.6. The summed E-state index contributed by atoms with van der Waals surface area (Å²) >= 11 is 0. The van der Waals surface area contributed by atoms with E-state index in [9.17, 15) is 96.8 Å². The van der Waals surface area contributed by atoms with Crippen molar-refractivity contribution in [2.45, 2.75) is 69.2 Å². The molecular weight excluding hydrogens is 989 g/mol. The Kier molecular flexibility index (Phi) is 16.9. The number of halogens is 10. The van der Waals surface area contributed by atoms with Crippen LogP contribution in [-0.2, 0) is 42.7 Å². The van der Waals surface area contributed by atoms with Crippen LogP contribution in [-0.4, -0.2) is 64.0 Å². The molecule has 1 heterocycles. The zero-order valence-corrected chi connectivity index (χ0v) is 37.1. The number of anilines is 3. The molecule has 0 aliphatic carbocycles. The second kappa shape index (κ2) is 20.9. The van der Waals surface area contributed by atoms with Crippen LogP contribution >= 0.6 is 0 Å². The minimum absolute atomic E-state index is 0.128. The minimum Gasteiger partial charge on any atom is -0.379 e. The van der Waals surface area contributed by atoms with Crippen LogP contribution in [0.5, 0.6) is 0 Å². The molecule has 0 radical (unpaired) electrons. The third kappa shape index (κ3) is 14.2. The maximum atomic E-state index is 13.0. The second-order valence-corrected chi connectivity index (χ2v) is 17.6. The fourth-order valence-electron chi connectivity index (χ4n) is 5.70. The Balaban J connectivity index is 0.000000285. The number of carbonyl (C=O) groups is 4. The molecule has 1 aliphatic rings. The van der Waals surface area contributed by atoms with Crippen LogP contribution in [0.25, 0.3) is 0 Å². The maximum absolute atomic E-state index is 13.0. The lowest BCUT2D eigenvalue weighted by Crippen LogP contribution is -2.45. The number of nitrogens with one attached hydrogen (secondary N) is 3. The molecule has 1 fully saturated rings. The summed E-state index contributed by atoms with van der Waals surface area (Å²) in [5, 5.41) is 46.8. The van der Waals surface area contributed by atoms with Crippen molar-refractivity contribution in [2.24, 2.45) is 5.92 Å². The molecule has 1 aliphatic heterocycles. The highest BCUT2D eigenvalue weighted by Crippen LogP contribution is 2.40. The SMILES string of the molecule is CC(C)C(=O)Nc1ccc([N+](=O)[O-])c(C(F)(F)F)c1.CC(O)(CS(=O)(=O)c1ccc(F)cc1)C(=O)Nc1ccc(C#N)c(C(F)(F)F)c1.CC1(C)NC(=O)N(c2ccc([N+](=O)[O-])c(C(F)(F)F)c2)C1=O. The molecule has 29 heteroatoms. The highest BCUT2D eigenvalue weighted by Gasteiger charge is 2.47. The number of amides is 5. The van der Waals surface area contributed by atoms with Crippen LogP contribution in [0.15, 0.2) is 83.8 Å². The van der Waals surface area contributed by atoms with Gasteiger partial charge in [0.05, 0.1) is 43.4 Å². The van der Waals surface area contributed by atoms with Crippen molar-refractivity contribution in [1.29, 1.82) is 5.26 Å². The molecule has 1 atom stereocenters. The highest BCUT2D eigenvalue weighted by molar-refractivity contribution is 7.91. The zero-order valence-electron chi connectivity index (χ0n) is 36.3. The molecule has 4 N–H and O–H groups in total. The van der Waals surface area contributed by atoms with Crippen LogP contribution in [0.1, 0.15) is 56.9 Å². The molecule has 0 bridgehead atoms. The van der Waals surface area contributed by atoms with Gasteiger partial charge in [0, 0.05) is 29.4 Å². The third-order valence-corrected chi connectivity index (χ3v) is 11.2. The van der Waals surface area contributed by atoms with E-state index in [4.69, 9.17) is 5.26 Å². The Morgan fingerprint density at radius 3 is 1.69 bits per heavy atom. The number of imide groups is 1. The molecule has 70 heavy (non-hydrogen) atoms. The smallest absolute Gasteiger partial charge is 0.379 e. The van der Waals surface area contributed by atoms with E-state index in [0.29, 0.717) is 29.2 Å².